The van der Waals surface area contributed by atoms with Crippen LogP contribution < -0.4 is 4.72 Å². The van der Waals surface area contributed by atoms with Crippen molar-refractivity contribution in [3.63, 3.8) is 0 Å². The number of rotatable bonds is 4. The van der Waals surface area contributed by atoms with Gasteiger partial charge in [-0.3, -0.25) is 4.79 Å². The lowest BCUT2D eigenvalue weighted by Gasteiger charge is -2.15. The van der Waals surface area contributed by atoms with E-state index >= 15 is 0 Å². The summed E-state index contributed by atoms with van der Waals surface area (Å²) in [5.74, 6) is -0.910. The number of aliphatic hydroxyl groups is 2. The van der Waals surface area contributed by atoms with E-state index in [1.54, 1.807) is 12.1 Å². The summed E-state index contributed by atoms with van der Waals surface area (Å²) < 4.78 is 30.9. The third-order valence-corrected chi connectivity index (χ3v) is 4.49. The van der Waals surface area contributed by atoms with Gasteiger partial charge in [0, 0.05) is 0 Å². The molecule has 3 atom stereocenters. The number of carbonyl (C=O) groups excluding carboxylic acids is 1. The fraction of sp³-hybridized carbons (Fsp3) is 0.417. The van der Waals surface area contributed by atoms with E-state index in [0.717, 1.165) is 5.56 Å². The summed E-state index contributed by atoms with van der Waals surface area (Å²) in [6.45, 7) is 1.24. The average Bonchev–Trinajstić information content (AvgIpc) is 2.66. The zero-order chi connectivity index (χ0) is 14.9. The number of hydrogen-bond donors (Lipinski definition) is 3. The van der Waals surface area contributed by atoms with Crippen molar-refractivity contribution in [1.82, 2.24) is 4.72 Å². The molecular formula is C12H15NO6S. The van der Waals surface area contributed by atoms with E-state index in [0.29, 0.717) is 0 Å². The molecule has 0 aromatic heterocycles. The quantitative estimate of drug-likeness (QED) is 0.610. The lowest BCUT2D eigenvalue weighted by molar-refractivity contribution is -0.144. The van der Waals surface area contributed by atoms with Gasteiger partial charge in [0.25, 0.3) is 0 Å². The van der Waals surface area contributed by atoms with E-state index < -0.39 is 40.8 Å². The van der Waals surface area contributed by atoms with Gasteiger partial charge in [-0.2, -0.15) is 4.72 Å². The van der Waals surface area contributed by atoms with Gasteiger partial charge < -0.3 is 14.9 Å². The Morgan fingerprint density at radius 3 is 2.40 bits per heavy atom. The molecule has 1 aliphatic heterocycles. The number of ether oxygens (including phenoxy) is 1. The van der Waals surface area contributed by atoms with E-state index in [4.69, 9.17) is 5.11 Å². The summed E-state index contributed by atoms with van der Waals surface area (Å²) in [6.07, 6.45) is -2.54. The smallest absolute Gasteiger partial charge is 0.327 e. The molecule has 8 heteroatoms. The fourth-order valence-corrected chi connectivity index (χ4v) is 3.06. The van der Waals surface area contributed by atoms with Gasteiger partial charge in [0.05, 0.1) is 11.5 Å². The summed E-state index contributed by atoms with van der Waals surface area (Å²) >= 11 is 0. The monoisotopic (exact) mass is 301 g/mol. The zero-order valence-corrected chi connectivity index (χ0v) is 11.5. The van der Waals surface area contributed by atoms with Gasteiger partial charge in [-0.05, 0) is 19.1 Å². The molecule has 0 aliphatic carbocycles. The summed E-state index contributed by atoms with van der Waals surface area (Å²) in [5.41, 5.74) is 0.893. The van der Waals surface area contributed by atoms with E-state index in [2.05, 4.69) is 9.46 Å². The van der Waals surface area contributed by atoms with E-state index in [1.807, 2.05) is 6.92 Å². The molecule has 1 aromatic carbocycles. The van der Waals surface area contributed by atoms with E-state index in [1.165, 1.54) is 12.1 Å². The van der Waals surface area contributed by atoms with Crippen molar-refractivity contribution in [2.75, 3.05) is 6.61 Å². The Balaban J connectivity index is 2.20. The number of aliphatic hydroxyl groups excluding tert-OH is 2. The Labute approximate surface area is 116 Å². The topological polar surface area (TPSA) is 113 Å². The molecule has 0 spiro atoms. The molecule has 20 heavy (non-hydrogen) atoms. The highest BCUT2D eigenvalue weighted by Crippen LogP contribution is 2.18. The number of esters is 1. The number of carbonyl (C=O) groups is 1. The minimum Gasteiger partial charge on any atom is -0.456 e. The Morgan fingerprint density at radius 2 is 1.90 bits per heavy atom. The molecule has 1 heterocycles. The molecule has 1 aromatic rings. The molecule has 1 saturated heterocycles. The SMILES string of the molecule is Cc1ccc(S(=O)(=O)N[C@@H]2C(=O)O[C@@H](CO)[C@H]2O)cc1. The van der Waals surface area contributed by atoms with Gasteiger partial charge in [-0.1, -0.05) is 17.7 Å². The van der Waals surface area contributed by atoms with E-state index in [9.17, 15) is 18.3 Å². The summed E-state index contributed by atoms with van der Waals surface area (Å²) in [6, 6.07) is 4.61. The summed E-state index contributed by atoms with van der Waals surface area (Å²) in [4.78, 5) is 11.5. The highest BCUT2D eigenvalue weighted by atomic mass is 32.2. The normalized spacial score (nSPS) is 26.6. The molecule has 0 amide bonds. The molecule has 3 N–H and O–H groups in total. The fourth-order valence-electron chi connectivity index (χ4n) is 1.86. The standard InChI is InChI=1S/C12H15NO6S/c1-7-2-4-8(5-3-7)20(17,18)13-10-11(15)9(6-14)19-12(10)16/h2-5,9-11,13-15H,6H2,1H3/t9-,10-,11+/m0/s1. The molecule has 0 saturated carbocycles. The number of benzene rings is 1. The lowest BCUT2D eigenvalue weighted by Crippen LogP contribution is -2.46. The summed E-state index contributed by atoms with van der Waals surface area (Å²) in [5, 5.41) is 18.6. The van der Waals surface area contributed by atoms with Crippen molar-refractivity contribution in [3.05, 3.63) is 29.8 Å². The average molecular weight is 301 g/mol. The van der Waals surface area contributed by atoms with Crippen molar-refractivity contribution in [1.29, 1.82) is 0 Å². The largest absolute Gasteiger partial charge is 0.456 e. The first-order valence-electron chi connectivity index (χ1n) is 5.93. The molecule has 1 fully saturated rings. The second-order valence-corrected chi connectivity index (χ2v) is 6.27. The molecule has 7 nitrogen and oxygen atoms in total. The van der Waals surface area contributed by atoms with Crippen molar-refractivity contribution >= 4 is 16.0 Å². The van der Waals surface area contributed by atoms with Gasteiger partial charge in [0.2, 0.25) is 10.0 Å². The first-order chi connectivity index (χ1) is 9.35. The minimum absolute atomic E-state index is 0.0180. The van der Waals surface area contributed by atoms with Gasteiger partial charge in [-0.25, -0.2) is 8.42 Å². The number of sulfonamides is 1. The van der Waals surface area contributed by atoms with Crippen molar-refractivity contribution in [2.24, 2.45) is 0 Å². The Bertz CT molecular complexity index is 597. The number of cyclic esters (lactones) is 1. The van der Waals surface area contributed by atoms with Crippen molar-refractivity contribution < 1.29 is 28.2 Å². The van der Waals surface area contributed by atoms with Gasteiger partial charge >= 0.3 is 5.97 Å². The lowest BCUT2D eigenvalue weighted by atomic mass is 10.1. The first-order valence-corrected chi connectivity index (χ1v) is 7.42. The molecule has 0 radical (unpaired) electrons. The molecule has 1 aliphatic rings. The van der Waals surface area contributed by atoms with Crippen LogP contribution in [0.5, 0.6) is 0 Å². The number of hydrogen-bond acceptors (Lipinski definition) is 6. The predicted octanol–water partition coefficient (Wildman–Crippen LogP) is -1.08. The predicted molar refractivity (Wildman–Crippen MR) is 68.3 cm³/mol. The molecule has 0 unspecified atom stereocenters. The van der Waals surface area contributed by atoms with Crippen LogP contribution in [0.15, 0.2) is 29.2 Å². The van der Waals surface area contributed by atoms with Crippen molar-refractivity contribution in [3.8, 4) is 0 Å². The Morgan fingerprint density at radius 1 is 1.30 bits per heavy atom. The molecule has 0 bridgehead atoms. The molecule has 110 valence electrons. The third kappa shape index (κ3) is 2.83. The van der Waals surface area contributed by atoms with Crippen LogP contribution in [0.25, 0.3) is 0 Å². The van der Waals surface area contributed by atoms with Crippen LogP contribution in [0.2, 0.25) is 0 Å². The van der Waals surface area contributed by atoms with Crippen LogP contribution >= 0.6 is 0 Å². The van der Waals surface area contributed by atoms with E-state index in [-0.39, 0.29) is 4.90 Å². The molecular weight excluding hydrogens is 286 g/mol. The van der Waals surface area contributed by atoms with Crippen LogP contribution in [0, 0.1) is 6.92 Å². The highest BCUT2D eigenvalue weighted by molar-refractivity contribution is 7.89. The summed E-state index contributed by atoms with van der Waals surface area (Å²) in [7, 11) is -3.95. The number of aryl methyl sites for hydroxylation is 1. The maximum Gasteiger partial charge on any atom is 0.327 e. The van der Waals surface area contributed by atoms with Gasteiger partial charge in [0.1, 0.15) is 12.1 Å². The van der Waals surface area contributed by atoms with Crippen molar-refractivity contribution in [2.45, 2.75) is 30.1 Å². The van der Waals surface area contributed by atoms with Crippen LogP contribution in [-0.2, 0) is 19.6 Å². The van der Waals surface area contributed by atoms with Crippen LogP contribution in [-0.4, -0.2) is 49.5 Å². The van der Waals surface area contributed by atoms with Crippen LogP contribution in [0.4, 0.5) is 0 Å². The Hall–Kier alpha value is -1.48. The highest BCUT2D eigenvalue weighted by Gasteiger charge is 2.45. The Kier molecular flexibility index (Phi) is 4.09. The van der Waals surface area contributed by atoms with Crippen LogP contribution in [0.1, 0.15) is 5.56 Å². The zero-order valence-electron chi connectivity index (χ0n) is 10.7. The van der Waals surface area contributed by atoms with Gasteiger partial charge in [-0.15, -0.1) is 0 Å². The maximum atomic E-state index is 12.1. The second-order valence-electron chi connectivity index (χ2n) is 4.56. The number of nitrogens with one attached hydrogen (secondary N) is 1. The minimum atomic E-state index is -3.95. The van der Waals surface area contributed by atoms with Crippen LogP contribution in [0.3, 0.4) is 0 Å². The van der Waals surface area contributed by atoms with Gasteiger partial charge in [0.15, 0.2) is 6.10 Å². The first kappa shape index (κ1) is 14.9. The third-order valence-electron chi connectivity index (χ3n) is 3.04. The maximum absolute atomic E-state index is 12.1. The second kappa shape index (κ2) is 5.49. The molecule has 2 rings (SSSR count).